The summed E-state index contributed by atoms with van der Waals surface area (Å²) in [6, 6.07) is 7.59. The maximum atomic E-state index is 5.75. The molecule has 1 aromatic carbocycles. The highest BCUT2D eigenvalue weighted by Crippen LogP contribution is 2.16. The first-order valence-electron chi connectivity index (χ1n) is 7.41. The minimum absolute atomic E-state index is 0.284. The maximum absolute atomic E-state index is 5.75. The van der Waals surface area contributed by atoms with E-state index in [2.05, 4.69) is 30.6 Å². The van der Waals surface area contributed by atoms with Crippen LogP contribution in [-0.4, -0.2) is 54.7 Å². The van der Waals surface area contributed by atoms with Gasteiger partial charge >= 0.3 is 0 Å². The van der Waals surface area contributed by atoms with Gasteiger partial charge in [0.1, 0.15) is 12.4 Å². The summed E-state index contributed by atoms with van der Waals surface area (Å²) in [5.74, 6) is 0.896. The number of nitrogens with two attached hydrogens (primary N) is 1. The average molecular weight is 277 g/mol. The van der Waals surface area contributed by atoms with E-state index in [0.717, 1.165) is 50.8 Å². The van der Waals surface area contributed by atoms with Crippen LogP contribution in [-0.2, 0) is 0 Å². The van der Waals surface area contributed by atoms with Crippen LogP contribution in [0.4, 0.5) is 5.69 Å². The van der Waals surface area contributed by atoms with Crippen LogP contribution in [0.25, 0.3) is 0 Å². The summed E-state index contributed by atoms with van der Waals surface area (Å²) in [4.78, 5) is 5.02. The van der Waals surface area contributed by atoms with Crippen LogP contribution in [0.15, 0.2) is 24.3 Å². The first kappa shape index (κ1) is 15.1. The van der Waals surface area contributed by atoms with Gasteiger partial charge in [0, 0.05) is 44.0 Å². The van der Waals surface area contributed by atoms with Gasteiger partial charge in [-0.25, -0.2) is 0 Å². The molecule has 0 spiro atoms. The van der Waals surface area contributed by atoms with E-state index in [1.54, 1.807) is 0 Å². The van der Waals surface area contributed by atoms with Crippen LogP contribution in [0, 0.1) is 0 Å². The lowest BCUT2D eigenvalue weighted by Gasteiger charge is -2.42. The first-order chi connectivity index (χ1) is 9.45. The number of benzene rings is 1. The van der Waals surface area contributed by atoms with E-state index in [0.29, 0.717) is 0 Å². The molecule has 0 aromatic heterocycles. The second kappa shape index (κ2) is 6.46. The van der Waals surface area contributed by atoms with Crippen LogP contribution in [0.2, 0.25) is 0 Å². The fourth-order valence-corrected chi connectivity index (χ4v) is 2.50. The molecule has 2 rings (SSSR count). The highest BCUT2D eigenvalue weighted by Gasteiger charge is 2.25. The summed E-state index contributed by atoms with van der Waals surface area (Å²) < 4.78 is 5.75. The van der Waals surface area contributed by atoms with E-state index in [9.17, 15) is 0 Å². The summed E-state index contributed by atoms with van der Waals surface area (Å²) >= 11 is 0. The zero-order chi connectivity index (χ0) is 14.6. The Kier molecular flexibility index (Phi) is 4.89. The molecule has 1 aliphatic rings. The van der Waals surface area contributed by atoms with Crippen LogP contribution < -0.4 is 10.5 Å². The van der Waals surface area contributed by atoms with Crippen molar-refractivity contribution < 1.29 is 4.74 Å². The number of hydrogen-bond donors (Lipinski definition) is 1. The van der Waals surface area contributed by atoms with E-state index in [1.807, 2.05) is 24.3 Å². The SMILES string of the molecule is CC(C)(C)N1CCN(CCOc2ccc(N)cc2)CC1. The standard InChI is InChI=1S/C16H27N3O/c1-16(2,3)19-10-8-18(9-11-19)12-13-20-15-6-4-14(17)5-7-15/h4-7H,8-13,17H2,1-3H3. The van der Waals surface area contributed by atoms with Crippen molar-refractivity contribution in [2.75, 3.05) is 45.1 Å². The number of anilines is 1. The summed E-state index contributed by atoms with van der Waals surface area (Å²) in [5.41, 5.74) is 6.71. The van der Waals surface area contributed by atoms with E-state index in [4.69, 9.17) is 10.5 Å². The zero-order valence-electron chi connectivity index (χ0n) is 12.9. The van der Waals surface area contributed by atoms with Gasteiger partial charge in [-0.3, -0.25) is 9.80 Å². The lowest BCUT2D eigenvalue weighted by atomic mass is 10.1. The summed E-state index contributed by atoms with van der Waals surface area (Å²) in [6.45, 7) is 13.1. The first-order valence-corrected chi connectivity index (χ1v) is 7.41. The van der Waals surface area contributed by atoms with E-state index in [1.165, 1.54) is 0 Å². The van der Waals surface area contributed by atoms with Gasteiger partial charge in [0.15, 0.2) is 0 Å². The van der Waals surface area contributed by atoms with Gasteiger partial charge in [-0.05, 0) is 45.0 Å². The van der Waals surface area contributed by atoms with Crippen LogP contribution in [0.1, 0.15) is 20.8 Å². The van der Waals surface area contributed by atoms with Crippen LogP contribution >= 0.6 is 0 Å². The molecule has 4 nitrogen and oxygen atoms in total. The smallest absolute Gasteiger partial charge is 0.119 e. The van der Waals surface area contributed by atoms with Crippen molar-refractivity contribution in [3.8, 4) is 5.75 Å². The van der Waals surface area contributed by atoms with Gasteiger partial charge in [0.2, 0.25) is 0 Å². The normalized spacial score (nSPS) is 18.1. The Labute approximate surface area is 122 Å². The Morgan fingerprint density at radius 3 is 2.20 bits per heavy atom. The van der Waals surface area contributed by atoms with Crippen molar-refractivity contribution >= 4 is 5.69 Å². The Bertz CT molecular complexity index is 403. The third kappa shape index (κ3) is 4.39. The highest BCUT2D eigenvalue weighted by molar-refractivity contribution is 5.41. The molecule has 1 heterocycles. The molecule has 0 amide bonds. The molecule has 2 N–H and O–H groups in total. The number of rotatable bonds is 4. The number of hydrogen-bond acceptors (Lipinski definition) is 4. The van der Waals surface area contributed by atoms with Crippen LogP contribution in [0.5, 0.6) is 5.75 Å². The zero-order valence-corrected chi connectivity index (χ0v) is 12.9. The largest absolute Gasteiger partial charge is 0.492 e. The second-order valence-electron chi connectivity index (χ2n) is 6.42. The fraction of sp³-hybridized carbons (Fsp3) is 0.625. The molecule has 20 heavy (non-hydrogen) atoms. The summed E-state index contributed by atoms with van der Waals surface area (Å²) in [5, 5.41) is 0. The third-order valence-electron chi connectivity index (χ3n) is 3.88. The van der Waals surface area contributed by atoms with E-state index < -0.39 is 0 Å². The van der Waals surface area contributed by atoms with Gasteiger partial charge in [-0.15, -0.1) is 0 Å². The van der Waals surface area contributed by atoms with Crippen molar-refractivity contribution in [2.45, 2.75) is 26.3 Å². The number of nitrogens with zero attached hydrogens (tertiary/aromatic N) is 2. The topological polar surface area (TPSA) is 41.7 Å². The molecule has 1 saturated heterocycles. The van der Waals surface area contributed by atoms with E-state index >= 15 is 0 Å². The summed E-state index contributed by atoms with van der Waals surface area (Å²) in [7, 11) is 0. The monoisotopic (exact) mass is 277 g/mol. The number of nitrogen functional groups attached to an aromatic ring is 1. The minimum Gasteiger partial charge on any atom is -0.492 e. The molecule has 112 valence electrons. The van der Waals surface area contributed by atoms with Gasteiger partial charge in [-0.1, -0.05) is 0 Å². The molecular formula is C16H27N3O. The Balaban J connectivity index is 1.67. The fourth-order valence-electron chi connectivity index (χ4n) is 2.50. The molecule has 1 aromatic rings. The molecular weight excluding hydrogens is 250 g/mol. The third-order valence-corrected chi connectivity index (χ3v) is 3.88. The summed E-state index contributed by atoms with van der Waals surface area (Å²) in [6.07, 6.45) is 0. The van der Waals surface area contributed by atoms with Gasteiger partial charge < -0.3 is 10.5 Å². The second-order valence-corrected chi connectivity index (χ2v) is 6.42. The van der Waals surface area contributed by atoms with Crippen molar-refractivity contribution in [3.05, 3.63) is 24.3 Å². The van der Waals surface area contributed by atoms with Crippen molar-refractivity contribution in [3.63, 3.8) is 0 Å². The van der Waals surface area contributed by atoms with E-state index in [-0.39, 0.29) is 5.54 Å². The molecule has 0 saturated carbocycles. The lowest BCUT2D eigenvalue weighted by Crippen LogP contribution is -2.53. The van der Waals surface area contributed by atoms with Gasteiger partial charge in [-0.2, -0.15) is 0 Å². The quantitative estimate of drug-likeness (QED) is 0.856. The predicted molar refractivity (Wildman–Crippen MR) is 84.1 cm³/mol. The maximum Gasteiger partial charge on any atom is 0.119 e. The molecule has 1 fully saturated rings. The van der Waals surface area contributed by atoms with Crippen molar-refractivity contribution in [2.24, 2.45) is 0 Å². The Morgan fingerprint density at radius 1 is 1.05 bits per heavy atom. The van der Waals surface area contributed by atoms with Crippen LogP contribution in [0.3, 0.4) is 0 Å². The molecule has 0 atom stereocenters. The highest BCUT2D eigenvalue weighted by atomic mass is 16.5. The minimum atomic E-state index is 0.284. The molecule has 0 unspecified atom stereocenters. The Hall–Kier alpha value is -1.26. The molecule has 0 radical (unpaired) electrons. The van der Waals surface area contributed by atoms with Crippen molar-refractivity contribution in [1.29, 1.82) is 0 Å². The number of piperazine rings is 1. The average Bonchev–Trinajstić information content (AvgIpc) is 2.41. The van der Waals surface area contributed by atoms with Crippen molar-refractivity contribution in [1.82, 2.24) is 9.80 Å². The van der Waals surface area contributed by atoms with Gasteiger partial charge in [0.25, 0.3) is 0 Å². The predicted octanol–water partition coefficient (Wildman–Crippen LogP) is 2.06. The molecule has 0 bridgehead atoms. The number of ether oxygens (including phenoxy) is 1. The Morgan fingerprint density at radius 2 is 1.65 bits per heavy atom. The molecule has 1 aliphatic heterocycles. The lowest BCUT2D eigenvalue weighted by molar-refractivity contribution is 0.0564. The van der Waals surface area contributed by atoms with Gasteiger partial charge in [0.05, 0.1) is 0 Å². The molecule has 4 heteroatoms. The molecule has 0 aliphatic carbocycles.